The summed E-state index contributed by atoms with van der Waals surface area (Å²) in [6.45, 7) is 6.22. The topological polar surface area (TPSA) is 75.2 Å². The predicted octanol–water partition coefficient (Wildman–Crippen LogP) is 2.45. The first kappa shape index (κ1) is 15.6. The van der Waals surface area contributed by atoms with Crippen LogP contribution in [0.3, 0.4) is 0 Å². The Labute approximate surface area is 138 Å². The maximum atomic E-state index is 12.3. The van der Waals surface area contributed by atoms with Crippen molar-refractivity contribution in [1.29, 1.82) is 0 Å². The largest absolute Gasteiger partial charge is 0.312 e. The first-order valence-electron chi connectivity index (χ1n) is 7.42. The molecule has 1 aromatic heterocycles. The summed E-state index contributed by atoms with van der Waals surface area (Å²) in [6.07, 6.45) is 0.219. The first-order chi connectivity index (χ1) is 10.9. The van der Waals surface area contributed by atoms with Crippen molar-refractivity contribution in [2.75, 3.05) is 16.8 Å². The molecular weight excluding hydrogens is 312 g/mol. The minimum Gasteiger partial charge on any atom is -0.312 e. The van der Waals surface area contributed by atoms with E-state index >= 15 is 0 Å². The molecule has 1 atom stereocenters. The van der Waals surface area contributed by atoms with Crippen LogP contribution in [0.5, 0.6) is 0 Å². The van der Waals surface area contributed by atoms with E-state index in [-0.39, 0.29) is 24.2 Å². The Bertz CT molecular complexity index is 751. The van der Waals surface area contributed by atoms with Gasteiger partial charge in [0, 0.05) is 18.7 Å². The van der Waals surface area contributed by atoms with Crippen LogP contribution in [0.15, 0.2) is 18.2 Å². The molecule has 1 aliphatic heterocycles. The molecule has 0 aliphatic carbocycles. The lowest BCUT2D eigenvalue weighted by Crippen LogP contribution is -2.28. The fourth-order valence-electron chi connectivity index (χ4n) is 2.79. The molecule has 1 fully saturated rings. The van der Waals surface area contributed by atoms with E-state index in [1.165, 1.54) is 11.3 Å². The Balaban J connectivity index is 1.72. The van der Waals surface area contributed by atoms with Crippen molar-refractivity contribution in [1.82, 2.24) is 10.2 Å². The second-order valence-corrected chi connectivity index (χ2v) is 7.05. The second kappa shape index (κ2) is 6.08. The Morgan fingerprint density at radius 3 is 2.52 bits per heavy atom. The average Bonchev–Trinajstić information content (AvgIpc) is 3.04. The molecule has 23 heavy (non-hydrogen) atoms. The van der Waals surface area contributed by atoms with Crippen LogP contribution in [0.1, 0.15) is 22.6 Å². The lowest BCUT2D eigenvalue weighted by Gasteiger charge is -2.18. The summed E-state index contributed by atoms with van der Waals surface area (Å²) in [4.78, 5) is 26.3. The number of hydrogen-bond acceptors (Lipinski definition) is 5. The van der Waals surface area contributed by atoms with Gasteiger partial charge in [-0.1, -0.05) is 17.4 Å². The maximum Gasteiger partial charge on any atom is 0.231 e. The van der Waals surface area contributed by atoms with Crippen LogP contribution in [-0.4, -0.2) is 28.6 Å². The summed E-state index contributed by atoms with van der Waals surface area (Å²) in [5.41, 5.74) is 3.06. The third-order valence-corrected chi connectivity index (χ3v) is 4.52. The number of hydrogen-bond donors (Lipinski definition) is 1. The van der Waals surface area contributed by atoms with Gasteiger partial charge in [0.1, 0.15) is 5.01 Å². The molecule has 0 saturated carbocycles. The summed E-state index contributed by atoms with van der Waals surface area (Å²) in [5.74, 6) is -0.572. The van der Waals surface area contributed by atoms with Crippen LogP contribution >= 0.6 is 11.3 Å². The minimum absolute atomic E-state index is 0.0244. The number of amides is 2. The van der Waals surface area contributed by atoms with Crippen LogP contribution in [0, 0.1) is 26.7 Å². The Kier molecular flexibility index (Phi) is 4.12. The molecule has 3 rings (SSSR count). The van der Waals surface area contributed by atoms with E-state index in [1.807, 2.05) is 32.9 Å². The van der Waals surface area contributed by atoms with Crippen molar-refractivity contribution in [3.8, 4) is 0 Å². The van der Waals surface area contributed by atoms with Gasteiger partial charge in [0.2, 0.25) is 16.9 Å². The molecule has 0 radical (unpaired) electrons. The number of nitrogens with zero attached hydrogens (tertiary/aromatic N) is 3. The van der Waals surface area contributed by atoms with Gasteiger partial charge in [-0.15, -0.1) is 10.2 Å². The lowest BCUT2D eigenvalue weighted by atomic mass is 10.1. The van der Waals surface area contributed by atoms with E-state index in [0.29, 0.717) is 11.7 Å². The van der Waals surface area contributed by atoms with Crippen LogP contribution in [-0.2, 0) is 9.59 Å². The normalized spacial score (nSPS) is 17.6. The molecule has 1 aliphatic rings. The molecule has 1 saturated heterocycles. The quantitative estimate of drug-likeness (QED) is 0.938. The second-order valence-electron chi connectivity index (χ2n) is 5.87. The number of aromatic nitrogens is 2. The van der Waals surface area contributed by atoms with Gasteiger partial charge in [0.25, 0.3) is 0 Å². The number of carbonyl (C=O) groups excluding carboxylic acids is 2. The highest BCUT2D eigenvalue weighted by Crippen LogP contribution is 2.28. The fourth-order valence-corrected chi connectivity index (χ4v) is 3.39. The summed E-state index contributed by atoms with van der Waals surface area (Å²) < 4.78 is 0. The minimum atomic E-state index is -0.368. The van der Waals surface area contributed by atoms with E-state index in [1.54, 1.807) is 4.90 Å². The summed E-state index contributed by atoms with van der Waals surface area (Å²) >= 11 is 1.32. The maximum absolute atomic E-state index is 12.3. The van der Waals surface area contributed by atoms with Crippen molar-refractivity contribution >= 4 is 34.0 Å². The lowest BCUT2D eigenvalue weighted by molar-refractivity contribution is -0.122. The van der Waals surface area contributed by atoms with E-state index in [9.17, 15) is 9.59 Å². The smallest absolute Gasteiger partial charge is 0.231 e. The van der Waals surface area contributed by atoms with Gasteiger partial charge in [0.05, 0.1) is 5.92 Å². The molecule has 1 N–H and O–H groups in total. The van der Waals surface area contributed by atoms with E-state index in [2.05, 4.69) is 21.6 Å². The Morgan fingerprint density at radius 2 is 1.91 bits per heavy atom. The van der Waals surface area contributed by atoms with Crippen molar-refractivity contribution in [3.63, 3.8) is 0 Å². The van der Waals surface area contributed by atoms with Crippen molar-refractivity contribution in [2.45, 2.75) is 27.2 Å². The number of rotatable bonds is 3. The van der Waals surface area contributed by atoms with Gasteiger partial charge in [-0.05, 0) is 44.0 Å². The predicted molar refractivity (Wildman–Crippen MR) is 89.7 cm³/mol. The summed E-state index contributed by atoms with van der Waals surface area (Å²) in [7, 11) is 0. The SMILES string of the molecule is Cc1cc(C)cc(N2C[C@@H](C(=O)Nc3nnc(C)s3)CC2=O)c1. The molecule has 0 bridgehead atoms. The van der Waals surface area contributed by atoms with Gasteiger partial charge in [-0.3, -0.25) is 9.59 Å². The van der Waals surface area contributed by atoms with E-state index in [0.717, 1.165) is 21.8 Å². The zero-order chi connectivity index (χ0) is 16.6. The number of anilines is 2. The van der Waals surface area contributed by atoms with Gasteiger partial charge >= 0.3 is 0 Å². The molecule has 1 aromatic carbocycles. The molecular formula is C16H18N4O2S. The monoisotopic (exact) mass is 330 g/mol. The molecule has 0 spiro atoms. The highest BCUT2D eigenvalue weighted by atomic mass is 32.1. The van der Waals surface area contributed by atoms with Crippen LogP contribution < -0.4 is 10.2 Å². The number of benzene rings is 1. The standard InChI is InChI=1S/C16H18N4O2S/c1-9-4-10(2)6-13(5-9)20-8-12(7-14(20)21)15(22)17-16-19-18-11(3)23-16/h4-6,12H,7-8H2,1-3H3,(H,17,19,22)/t12-/m0/s1. The zero-order valence-corrected chi connectivity index (χ0v) is 14.1. The van der Waals surface area contributed by atoms with Gasteiger partial charge < -0.3 is 10.2 Å². The fraction of sp³-hybridized carbons (Fsp3) is 0.375. The first-order valence-corrected chi connectivity index (χ1v) is 8.23. The van der Waals surface area contributed by atoms with E-state index in [4.69, 9.17) is 0 Å². The molecule has 2 aromatic rings. The van der Waals surface area contributed by atoms with Crippen LogP contribution in [0.25, 0.3) is 0 Å². The number of nitrogens with one attached hydrogen (secondary N) is 1. The molecule has 120 valence electrons. The highest BCUT2D eigenvalue weighted by molar-refractivity contribution is 7.15. The third kappa shape index (κ3) is 3.39. The molecule has 2 amide bonds. The van der Waals surface area contributed by atoms with Gasteiger partial charge in [-0.25, -0.2) is 0 Å². The van der Waals surface area contributed by atoms with E-state index < -0.39 is 0 Å². The van der Waals surface area contributed by atoms with Gasteiger partial charge in [-0.2, -0.15) is 0 Å². The Hall–Kier alpha value is -2.28. The van der Waals surface area contributed by atoms with Crippen LogP contribution in [0.2, 0.25) is 0 Å². The van der Waals surface area contributed by atoms with Crippen molar-refractivity contribution in [2.24, 2.45) is 5.92 Å². The van der Waals surface area contributed by atoms with Crippen molar-refractivity contribution < 1.29 is 9.59 Å². The van der Waals surface area contributed by atoms with Crippen molar-refractivity contribution in [3.05, 3.63) is 34.3 Å². The Morgan fingerprint density at radius 1 is 1.22 bits per heavy atom. The average molecular weight is 330 g/mol. The number of carbonyl (C=O) groups is 2. The molecule has 6 nitrogen and oxygen atoms in total. The van der Waals surface area contributed by atoms with Gasteiger partial charge in [0.15, 0.2) is 0 Å². The summed E-state index contributed by atoms with van der Waals surface area (Å²) in [6, 6.07) is 6.00. The highest BCUT2D eigenvalue weighted by Gasteiger charge is 2.35. The number of aryl methyl sites for hydroxylation is 3. The molecule has 0 unspecified atom stereocenters. The summed E-state index contributed by atoms with van der Waals surface area (Å²) in [5, 5.41) is 11.8. The molecule has 7 heteroatoms. The van der Waals surface area contributed by atoms with Crippen LogP contribution in [0.4, 0.5) is 10.8 Å². The zero-order valence-electron chi connectivity index (χ0n) is 13.3. The molecule has 2 heterocycles. The third-order valence-electron chi connectivity index (χ3n) is 3.77.